The molecule has 0 atom stereocenters. The number of carbonyl (C=O) groups excluding carboxylic acids is 2. The Bertz CT molecular complexity index is 713. The van der Waals surface area contributed by atoms with E-state index in [0.717, 1.165) is 14.9 Å². The second kappa shape index (κ2) is 9.39. The van der Waals surface area contributed by atoms with Gasteiger partial charge in [0.25, 0.3) is 0 Å². The molecule has 0 saturated carbocycles. The summed E-state index contributed by atoms with van der Waals surface area (Å²) in [4.78, 5) is 25.5. The Labute approximate surface area is 154 Å². The van der Waals surface area contributed by atoms with Crippen molar-refractivity contribution in [1.82, 2.24) is 10.2 Å². The maximum atomic E-state index is 12.1. The van der Waals surface area contributed by atoms with Crippen molar-refractivity contribution in [3.63, 3.8) is 0 Å². The number of thiophene rings is 1. The lowest BCUT2D eigenvalue weighted by Gasteiger charge is -2.17. The highest BCUT2D eigenvalue weighted by atomic mass is 79.9. The predicted molar refractivity (Wildman–Crippen MR) is 102 cm³/mol. The Morgan fingerprint density at radius 2 is 2.04 bits per heavy atom. The Kier molecular flexibility index (Phi) is 7.21. The molecule has 0 aliphatic heterocycles. The van der Waals surface area contributed by atoms with E-state index in [1.54, 1.807) is 29.4 Å². The maximum Gasteiger partial charge on any atom is 0.244 e. The molecule has 1 N–H and O–H groups in total. The summed E-state index contributed by atoms with van der Waals surface area (Å²) in [7, 11) is 1.77. The van der Waals surface area contributed by atoms with E-state index < -0.39 is 0 Å². The van der Waals surface area contributed by atoms with Crippen molar-refractivity contribution in [1.29, 1.82) is 0 Å². The number of halogens is 1. The molecule has 1 heterocycles. The summed E-state index contributed by atoms with van der Waals surface area (Å²) in [5.74, 6) is -0.194. The molecule has 0 spiro atoms. The molecule has 0 bridgehead atoms. The SMILES string of the molecule is CN(Cc1ccccc1)C(=O)CCNC(=O)/C=C/c1csc(Br)c1. The van der Waals surface area contributed by atoms with E-state index in [9.17, 15) is 9.59 Å². The molecule has 0 unspecified atom stereocenters. The molecular weight excluding hydrogens is 388 g/mol. The minimum absolute atomic E-state index is 0.00454. The highest BCUT2D eigenvalue weighted by molar-refractivity contribution is 9.11. The van der Waals surface area contributed by atoms with Crippen LogP contribution in [0.3, 0.4) is 0 Å². The molecule has 4 nitrogen and oxygen atoms in total. The second-order valence-electron chi connectivity index (χ2n) is 5.29. The first kappa shape index (κ1) is 18.4. The molecular formula is C18H19BrN2O2S. The Hall–Kier alpha value is -1.92. The molecule has 2 aromatic rings. The Balaban J connectivity index is 1.69. The third-order valence-corrected chi connectivity index (χ3v) is 4.86. The van der Waals surface area contributed by atoms with E-state index in [1.807, 2.05) is 41.8 Å². The van der Waals surface area contributed by atoms with Crippen LogP contribution in [0.5, 0.6) is 0 Å². The van der Waals surface area contributed by atoms with Gasteiger partial charge in [0.1, 0.15) is 0 Å². The predicted octanol–water partition coefficient (Wildman–Crippen LogP) is 3.69. The van der Waals surface area contributed by atoms with Crippen LogP contribution in [0.15, 0.2) is 51.6 Å². The lowest BCUT2D eigenvalue weighted by Crippen LogP contribution is -2.31. The van der Waals surface area contributed by atoms with Crippen LogP contribution in [0.25, 0.3) is 6.08 Å². The van der Waals surface area contributed by atoms with Gasteiger partial charge in [0.05, 0.1) is 3.79 Å². The quantitative estimate of drug-likeness (QED) is 0.712. The van der Waals surface area contributed by atoms with Gasteiger partial charge in [-0.2, -0.15) is 0 Å². The fourth-order valence-corrected chi connectivity index (χ4v) is 3.21. The maximum absolute atomic E-state index is 12.1. The largest absolute Gasteiger partial charge is 0.352 e. The lowest BCUT2D eigenvalue weighted by molar-refractivity contribution is -0.130. The van der Waals surface area contributed by atoms with Gasteiger partial charge in [-0.3, -0.25) is 9.59 Å². The van der Waals surface area contributed by atoms with Crippen molar-refractivity contribution < 1.29 is 9.59 Å². The minimum atomic E-state index is -0.198. The average Bonchev–Trinajstić information content (AvgIpc) is 2.99. The Morgan fingerprint density at radius 3 is 2.71 bits per heavy atom. The van der Waals surface area contributed by atoms with Crippen LogP contribution < -0.4 is 5.32 Å². The summed E-state index contributed by atoms with van der Waals surface area (Å²) in [5.41, 5.74) is 2.06. The first-order valence-corrected chi connectivity index (χ1v) is 9.19. The van der Waals surface area contributed by atoms with Gasteiger partial charge < -0.3 is 10.2 Å². The van der Waals surface area contributed by atoms with Gasteiger partial charge in [-0.05, 0) is 44.6 Å². The summed E-state index contributed by atoms with van der Waals surface area (Å²) in [6.07, 6.45) is 3.51. The van der Waals surface area contributed by atoms with Gasteiger partial charge >= 0.3 is 0 Å². The highest BCUT2D eigenvalue weighted by Crippen LogP contribution is 2.21. The van der Waals surface area contributed by atoms with Crippen molar-refractivity contribution in [2.24, 2.45) is 0 Å². The van der Waals surface area contributed by atoms with Crippen LogP contribution in [0.4, 0.5) is 0 Å². The zero-order valence-electron chi connectivity index (χ0n) is 13.4. The van der Waals surface area contributed by atoms with Crippen LogP contribution in [0.1, 0.15) is 17.5 Å². The van der Waals surface area contributed by atoms with Crippen molar-refractivity contribution in [2.75, 3.05) is 13.6 Å². The van der Waals surface area contributed by atoms with Crippen molar-refractivity contribution >= 4 is 45.2 Å². The average molecular weight is 407 g/mol. The zero-order chi connectivity index (χ0) is 17.4. The number of amides is 2. The van der Waals surface area contributed by atoms with Gasteiger partial charge in [0.2, 0.25) is 11.8 Å². The van der Waals surface area contributed by atoms with Crippen molar-refractivity contribution in [2.45, 2.75) is 13.0 Å². The molecule has 0 saturated heterocycles. The first-order valence-electron chi connectivity index (χ1n) is 7.52. The monoisotopic (exact) mass is 406 g/mol. The van der Waals surface area contributed by atoms with E-state index in [2.05, 4.69) is 21.2 Å². The molecule has 24 heavy (non-hydrogen) atoms. The number of rotatable bonds is 7. The molecule has 126 valence electrons. The lowest BCUT2D eigenvalue weighted by atomic mass is 10.2. The van der Waals surface area contributed by atoms with Gasteiger partial charge in [0, 0.05) is 32.6 Å². The molecule has 2 amide bonds. The van der Waals surface area contributed by atoms with Crippen LogP contribution in [0, 0.1) is 0 Å². The molecule has 6 heteroatoms. The number of carbonyl (C=O) groups is 2. The number of benzene rings is 1. The number of nitrogens with zero attached hydrogens (tertiary/aromatic N) is 1. The minimum Gasteiger partial charge on any atom is -0.352 e. The van der Waals surface area contributed by atoms with Gasteiger partial charge in [0.15, 0.2) is 0 Å². The van der Waals surface area contributed by atoms with Crippen LogP contribution in [-0.2, 0) is 16.1 Å². The molecule has 1 aromatic carbocycles. The van der Waals surface area contributed by atoms with Crippen molar-refractivity contribution in [3.8, 4) is 0 Å². The van der Waals surface area contributed by atoms with E-state index in [0.29, 0.717) is 13.1 Å². The van der Waals surface area contributed by atoms with E-state index in [-0.39, 0.29) is 18.2 Å². The zero-order valence-corrected chi connectivity index (χ0v) is 15.8. The molecule has 2 rings (SSSR count). The molecule has 0 aliphatic carbocycles. The van der Waals surface area contributed by atoms with Gasteiger partial charge in [-0.25, -0.2) is 0 Å². The summed E-state index contributed by atoms with van der Waals surface area (Å²) in [6.45, 7) is 0.898. The molecule has 0 aliphatic rings. The summed E-state index contributed by atoms with van der Waals surface area (Å²) >= 11 is 4.94. The fourth-order valence-electron chi connectivity index (χ4n) is 2.07. The smallest absolute Gasteiger partial charge is 0.244 e. The topological polar surface area (TPSA) is 49.4 Å². The second-order valence-corrected chi connectivity index (χ2v) is 7.58. The van der Waals surface area contributed by atoms with E-state index >= 15 is 0 Å². The molecule has 0 radical (unpaired) electrons. The van der Waals surface area contributed by atoms with Gasteiger partial charge in [-0.15, -0.1) is 11.3 Å². The summed E-state index contributed by atoms with van der Waals surface area (Å²) in [5, 5.41) is 4.68. The Morgan fingerprint density at radius 1 is 1.29 bits per heavy atom. The number of hydrogen-bond donors (Lipinski definition) is 1. The van der Waals surface area contributed by atoms with Crippen molar-refractivity contribution in [3.05, 3.63) is 62.8 Å². The number of nitrogens with one attached hydrogen (secondary N) is 1. The summed E-state index contributed by atoms with van der Waals surface area (Å²) < 4.78 is 1.02. The van der Waals surface area contributed by atoms with Crippen LogP contribution >= 0.6 is 27.3 Å². The molecule has 1 aromatic heterocycles. The third kappa shape index (κ3) is 6.29. The standard InChI is InChI=1S/C18H19BrN2O2S/c1-21(12-14-5-3-2-4-6-14)18(23)9-10-20-17(22)8-7-15-11-16(19)24-13-15/h2-8,11,13H,9-10,12H2,1H3,(H,20,22)/b8-7+. The number of hydrogen-bond acceptors (Lipinski definition) is 3. The van der Waals surface area contributed by atoms with Gasteiger partial charge in [-0.1, -0.05) is 30.3 Å². The highest BCUT2D eigenvalue weighted by Gasteiger charge is 2.09. The summed E-state index contributed by atoms with van der Waals surface area (Å²) in [6, 6.07) is 11.8. The van der Waals surface area contributed by atoms with Crippen LogP contribution in [0.2, 0.25) is 0 Å². The molecule has 0 fully saturated rings. The van der Waals surface area contributed by atoms with E-state index in [1.165, 1.54) is 6.08 Å². The first-order chi connectivity index (χ1) is 11.5. The van der Waals surface area contributed by atoms with Crippen LogP contribution in [-0.4, -0.2) is 30.3 Å². The normalized spacial score (nSPS) is 10.8. The fraction of sp³-hybridized carbons (Fsp3) is 0.222. The third-order valence-electron chi connectivity index (χ3n) is 3.34. The van der Waals surface area contributed by atoms with E-state index in [4.69, 9.17) is 0 Å².